The number of tetrazole rings is 1. The lowest BCUT2D eigenvalue weighted by molar-refractivity contribution is 0.0703. The maximum atomic E-state index is 12.7. The molecule has 0 aromatic carbocycles. The lowest BCUT2D eigenvalue weighted by atomic mass is 10.1. The third-order valence-corrected chi connectivity index (χ3v) is 4.44. The fourth-order valence-corrected chi connectivity index (χ4v) is 3.30. The van der Waals surface area contributed by atoms with Gasteiger partial charge in [0.05, 0.1) is 5.69 Å². The quantitative estimate of drug-likeness (QED) is 0.894. The predicted octanol–water partition coefficient (Wildman–Crippen LogP) is 0.548. The Balaban J connectivity index is 1.83. The highest BCUT2D eigenvalue weighted by molar-refractivity contribution is 7.12. The van der Waals surface area contributed by atoms with E-state index < -0.39 is 0 Å². The average Bonchev–Trinajstić information content (AvgIpc) is 3.16. The van der Waals surface area contributed by atoms with Crippen LogP contribution in [0.1, 0.15) is 22.5 Å². The first kappa shape index (κ1) is 13.2. The van der Waals surface area contributed by atoms with Gasteiger partial charge in [0.1, 0.15) is 11.2 Å². The van der Waals surface area contributed by atoms with Crippen LogP contribution in [0.2, 0.25) is 0 Å². The summed E-state index contributed by atoms with van der Waals surface area (Å²) in [6.07, 6.45) is 3.65. The number of likely N-dealkylation sites (N-methyl/N-ethyl adjacent to an activating group) is 1. The number of thiophene rings is 1. The van der Waals surface area contributed by atoms with Gasteiger partial charge in [-0.15, -0.1) is 16.4 Å². The van der Waals surface area contributed by atoms with Crippen LogP contribution in [-0.2, 0) is 0 Å². The summed E-state index contributed by atoms with van der Waals surface area (Å²) in [6.45, 7) is 1.56. The molecule has 7 nitrogen and oxygen atoms in total. The number of piperidine rings is 1. The van der Waals surface area contributed by atoms with Crippen LogP contribution in [0.5, 0.6) is 0 Å². The summed E-state index contributed by atoms with van der Waals surface area (Å²) in [6, 6.07) is 2.25. The van der Waals surface area contributed by atoms with E-state index in [9.17, 15) is 4.79 Å². The van der Waals surface area contributed by atoms with Crippen molar-refractivity contribution in [1.82, 2.24) is 30.4 Å². The molecule has 1 atom stereocenters. The summed E-state index contributed by atoms with van der Waals surface area (Å²) in [5.74, 6) is 0.0606. The van der Waals surface area contributed by atoms with Crippen molar-refractivity contribution in [3.8, 4) is 5.69 Å². The molecule has 0 aliphatic carbocycles. The predicted molar refractivity (Wildman–Crippen MR) is 75.0 cm³/mol. The summed E-state index contributed by atoms with van der Waals surface area (Å²) >= 11 is 1.43. The fraction of sp³-hybridized carbons (Fsp3) is 0.500. The first-order valence-corrected chi connectivity index (χ1v) is 7.45. The molecule has 1 amide bonds. The molecule has 106 valence electrons. The zero-order chi connectivity index (χ0) is 13.9. The second kappa shape index (κ2) is 5.68. The molecule has 0 bridgehead atoms. The fourth-order valence-electron chi connectivity index (χ4n) is 2.46. The first-order valence-electron chi connectivity index (χ1n) is 6.57. The van der Waals surface area contributed by atoms with Gasteiger partial charge in [-0.25, -0.2) is 0 Å². The highest BCUT2D eigenvalue weighted by Crippen LogP contribution is 2.23. The number of likely N-dealkylation sites (tertiary alicyclic amines) is 1. The van der Waals surface area contributed by atoms with Gasteiger partial charge in [-0.3, -0.25) is 4.79 Å². The summed E-state index contributed by atoms with van der Waals surface area (Å²) < 4.78 is 1.53. The number of nitrogens with one attached hydrogen (secondary N) is 1. The number of amides is 1. The van der Waals surface area contributed by atoms with Crippen molar-refractivity contribution in [2.75, 3.05) is 20.1 Å². The van der Waals surface area contributed by atoms with Gasteiger partial charge in [0, 0.05) is 19.1 Å². The number of nitrogens with zero attached hydrogens (tertiary/aromatic N) is 5. The van der Waals surface area contributed by atoms with Gasteiger partial charge in [-0.2, -0.15) is 4.68 Å². The van der Waals surface area contributed by atoms with Crippen LogP contribution in [-0.4, -0.2) is 57.2 Å². The van der Waals surface area contributed by atoms with Crippen LogP contribution in [0.15, 0.2) is 17.8 Å². The number of aromatic nitrogens is 4. The Kier molecular flexibility index (Phi) is 3.75. The molecule has 3 heterocycles. The van der Waals surface area contributed by atoms with Crippen molar-refractivity contribution < 1.29 is 4.79 Å². The zero-order valence-corrected chi connectivity index (χ0v) is 12.0. The van der Waals surface area contributed by atoms with Gasteiger partial charge in [-0.05, 0) is 41.8 Å². The normalized spacial score (nSPS) is 19.2. The Labute approximate surface area is 120 Å². The molecule has 1 saturated heterocycles. The van der Waals surface area contributed by atoms with Crippen LogP contribution >= 0.6 is 11.3 Å². The van der Waals surface area contributed by atoms with Crippen LogP contribution in [0.25, 0.3) is 5.69 Å². The van der Waals surface area contributed by atoms with Crippen molar-refractivity contribution >= 4 is 17.2 Å². The van der Waals surface area contributed by atoms with E-state index in [2.05, 4.69) is 20.8 Å². The standard InChI is InChI=1S/C12H16N6OS/c1-13-9-3-2-5-17(7-9)12(19)11-10(4-6-20-11)18-8-14-15-16-18/h4,6,8-9,13H,2-3,5,7H2,1H3. The maximum absolute atomic E-state index is 12.7. The first-order chi connectivity index (χ1) is 9.79. The number of carbonyl (C=O) groups is 1. The number of hydrogen-bond acceptors (Lipinski definition) is 6. The smallest absolute Gasteiger partial charge is 0.266 e. The van der Waals surface area contributed by atoms with Gasteiger partial charge in [0.2, 0.25) is 0 Å². The minimum absolute atomic E-state index is 0.0606. The molecular weight excluding hydrogens is 276 g/mol. The van der Waals surface area contributed by atoms with E-state index in [1.165, 1.54) is 22.3 Å². The minimum atomic E-state index is 0.0606. The second-order valence-corrected chi connectivity index (χ2v) is 5.68. The van der Waals surface area contributed by atoms with Gasteiger partial charge >= 0.3 is 0 Å². The molecule has 2 aromatic rings. The van der Waals surface area contributed by atoms with Crippen LogP contribution in [0, 0.1) is 0 Å². The molecule has 0 saturated carbocycles. The lowest BCUT2D eigenvalue weighted by Crippen LogP contribution is -2.46. The van der Waals surface area contributed by atoms with Gasteiger partial charge in [0.15, 0.2) is 0 Å². The molecule has 2 aromatic heterocycles. The molecule has 8 heteroatoms. The third-order valence-electron chi connectivity index (χ3n) is 3.55. The van der Waals surface area contributed by atoms with Gasteiger partial charge < -0.3 is 10.2 Å². The molecule has 3 rings (SSSR count). The Bertz CT molecular complexity index is 581. The molecular formula is C12H16N6OS. The zero-order valence-electron chi connectivity index (χ0n) is 11.2. The average molecular weight is 292 g/mol. The minimum Gasteiger partial charge on any atom is -0.336 e. The van der Waals surface area contributed by atoms with E-state index >= 15 is 0 Å². The van der Waals surface area contributed by atoms with E-state index in [1.54, 1.807) is 0 Å². The Hall–Kier alpha value is -1.80. The topological polar surface area (TPSA) is 75.9 Å². The van der Waals surface area contributed by atoms with Crippen molar-refractivity contribution in [3.05, 3.63) is 22.7 Å². The van der Waals surface area contributed by atoms with Gasteiger partial charge in [-0.1, -0.05) is 0 Å². The molecule has 1 unspecified atom stereocenters. The molecule has 20 heavy (non-hydrogen) atoms. The Morgan fingerprint density at radius 2 is 2.45 bits per heavy atom. The van der Waals surface area contributed by atoms with Gasteiger partial charge in [0.25, 0.3) is 5.91 Å². The monoisotopic (exact) mass is 292 g/mol. The number of carbonyl (C=O) groups excluding carboxylic acids is 1. The summed E-state index contributed by atoms with van der Waals surface area (Å²) in [5, 5.41) is 16.2. The summed E-state index contributed by atoms with van der Waals surface area (Å²) in [4.78, 5) is 15.3. The van der Waals surface area contributed by atoms with E-state index in [1.807, 2.05) is 23.4 Å². The second-order valence-electron chi connectivity index (χ2n) is 4.77. The van der Waals surface area contributed by atoms with Crippen LogP contribution in [0.4, 0.5) is 0 Å². The van der Waals surface area contributed by atoms with Crippen LogP contribution < -0.4 is 5.32 Å². The summed E-state index contributed by atoms with van der Waals surface area (Å²) in [7, 11) is 1.94. The van der Waals surface area contributed by atoms with E-state index in [4.69, 9.17) is 0 Å². The Morgan fingerprint density at radius 3 is 3.20 bits per heavy atom. The number of hydrogen-bond donors (Lipinski definition) is 1. The lowest BCUT2D eigenvalue weighted by Gasteiger charge is -2.32. The number of rotatable bonds is 3. The highest BCUT2D eigenvalue weighted by atomic mass is 32.1. The highest BCUT2D eigenvalue weighted by Gasteiger charge is 2.26. The third kappa shape index (κ3) is 2.44. The molecule has 0 radical (unpaired) electrons. The van der Waals surface area contributed by atoms with E-state index in [0.29, 0.717) is 10.9 Å². The van der Waals surface area contributed by atoms with Crippen molar-refractivity contribution in [2.24, 2.45) is 0 Å². The van der Waals surface area contributed by atoms with Crippen molar-refractivity contribution in [1.29, 1.82) is 0 Å². The molecule has 1 N–H and O–H groups in total. The molecule has 1 fully saturated rings. The summed E-state index contributed by atoms with van der Waals surface area (Å²) in [5.41, 5.74) is 0.747. The molecule has 1 aliphatic heterocycles. The van der Waals surface area contributed by atoms with Crippen LogP contribution in [0.3, 0.4) is 0 Å². The molecule has 0 spiro atoms. The Morgan fingerprint density at radius 1 is 1.55 bits per heavy atom. The van der Waals surface area contributed by atoms with Crippen molar-refractivity contribution in [2.45, 2.75) is 18.9 Å². The maximum Gasteiger partial charge on any atom is 0.266 e. The molecule has 1 aliphatic rings. The van der Waals surface area contributed by atoms with E-state index in [0.717, 1.165) is 31.6 Å². The van der Waals surface area contributed by atoms with E-state index in [-0.39, 0.29) is 5.91 Å². The largest absolute Gasteiger partial charge is 0.336 e. The van der Waals surface area contributed by atoms with Crippen molar-refractivity contribution in [3.63, 3.8) is 0 Å². The SMILES string of the molecule is CNC1CCCN(C(=O)c2sccc2-n2cnnn2)C1.